The Morgan fingerprint density at radius 1 is 1.19 bits per heavy atom. The van der Waals surface area contributed by atoms with Crippen LogP contribution in [0.5, 0.6) is 0 Å². The Morgan fingerprint density at radius 3 is 2.00 bits per heavy atom. The molecule has 0 aromatic rings. The normalized spacial score (nSPS) is 9.62. The van der Waals surface area contributed by atoms with E-state index < -0.39 is 11.4 Å². The van der Waals surface area contributed by atoms with E-state index in [9.17, 15) is 4.79 Å². The maximum atomic E-state index is 11.6. The van der Waals surface area contributed by atoms with Crippen molar-refractivity contribution >= 4 is 5.97 Å². The van der Waals surface area contributed by atoms with E-state index in [1.54, 1.807) is 6.92 Å². The smallest absolute Gasteiger partial charge is 0.326 e. The number of hydrogen-bond acceptors (Lipinski definition) is 5. The predicted octanol–water partition coefficient (Wildman–Crippen LogP) is 1.67. The van der Waals surface area contributed by atoms with Crippen molar-refractivity contribution in [3.8, 4) is 18.2 Å². The topological polar surface area (TPSA) is 97.7 Å². The largest absolute Gasteiger partial charge is 0.465 e. The second-order valence-corrected chi connectivity index (χ2v) is 3.23. The van der Waals surface area contributed by atoms with E-state index in [-0.39, 0.29) is 32.3 Å². The molecule has 0 aliphatic heterocycles. The van der Waals surface area contributed by atoms with Gasteiger partial charge in [0, 0.05) is 12.8 Å². The van der Waals surface area contributed by atoms with Gasteiger partial charge in [0.15, 0.2) is 5.41 Å². The minimum absolute atomic E-state index is 0.0950. The standard InChI is InChI=1S/C11H13N3O2/c1-2-16-10(15)11(9-14,5-3-7-12)6-4-8-13/h2-6H2,1H3. The maximum Gasteiger partial charge on any atom is 0.326 e. The minimum atomic E-state index is -1.35. The Balaban J connectivity index is 4.83. The zero-order chi connectivity index (χ0) is 12.4. The Bertz CT molecular complexity index is 339. The van der Waals surface area contributed by atoms with Crippen LogP contribution in [-0.2, 0) is 9.53 Å². The van der Waals surface area contributed by atoms with Crippen LogP contribution in [0.2, 0.25) is 0 Å². The van der Waals surface area contributed by atoms with Crippen molar-refractivity contribution < 1.29 is 9.53 Å². The van der Waals surface area contributed by atoms with E-state index in [0.717, 1.165) is 0 Å². The van der Waals surface area contributed by atoms with Crippen molar-refractivity contribution in [2.45, 2.75) is 32.6 Å². The molecule has 0 radical (unpaired) electrons. The first kappa shape index (κ1) is 13.9. The summed E-state index contributed by atoms with van der Waals surface area (Å²) in [6.07, 6.45) is 0.413. The second kappa shape index (κ2) is 7.26. The highest BCUT2D eigenvalue weighted by Crippen LogP contribution is 2.30. The SMILES string of the molecule is CCOC(=O)C(C#N)(CCC#N)CCC#N. The number of carbonyl (C=O) groups is 1. The molecule has 0 aromatic carbocycles. The Morgan fingerprint density at radius 2 is 1.69 bits per heavy atom. The molecule has 0 unspecified atom stereocenters. The summed E-state index contributed by atoms with van der Waals surface area (Å²) in [7, 11) is 0. The predicted molar refractivity (Wildman–Crippen MR) is 54.4 cm³/mol. The van der Waals surface area contributed by atoms with Crippen LogP contribution in [0.1, 0.15) is 32.6 Å². The molecule has 0 amide bonds. The quantitative estimate of drug-likeness (QED) is 0.633. The monoisotopic (exact) mass is 219 g/mol. The lowest BCUT2D eigenvalue weighted by Gasteiger charge is -2.21. The van der Waals surface area contributed by atoms with E-state index in [0.29, 0.717) is 0 Å². The molecule has 0 saturated heterocycles. The molecule has 0 aromatic heterocycles. The van der Waals surface area contributed by atoms with Crippen molar-refractivity contribution in [1.82, 2.24) is 0 Å². The van der Waals surface area contributed by atoms with Gasteiger partial charge in [0.2, 0.25) is 0 Å². The molecular weight excluding hydrogens is 206 g/mol. The summed E-state index contributed by atoms with van der Waals surface area (Å²) in [5.41, 5.74) is -1.35. The van der Waals surface area contributed by atoms with Crippen LogP contribution in [0.3, 0.4) is 0 Å². The Labute approximate surface area is 94.8 Å². The molecule has 0 spiro atoms. The highest BCUT2D eigenvalue weighted by molar-refractivity contribution is 5.80. The molecule has 16 heavy (non-hydrogen) atoms. The highest BCUT2D eigenvalue weighted by atomic mass is 16.5. The Hall–Kier alpha value is -2.06. The minimum Gasteiger partial charge on any atom is -0.465 e. The lowest BCUT2D eigenvalue weighted by atomic mass is 9.80. The number of ether oxygens (including phenoxy) is 1. The van der Waals surface area contributed by atoms with Crippen molar-refractivity contribution in [2.75, 3.05) is 6.61 Å². The summed E-state index contributed by atoms with van der Waals surface area (Å²) in [5, 5.41) is 26.0. The van der Waals surface area contributed by atoms with Gasteiger partial charge in [0.1, 0.15) is 0 Å². The lowest BCUT2D eigenvalue weighted by Crippen LogP contribution is -2.31. The number of esters is 1. The van der Waals surface area contributed by atoms with E-state index in [1.807, 2.05) is 18.2 Å². The third kappa shape index (κ3) is 3.59. The molecule has 0 atom stereocenters. The Kier molecular flexibility index (Phi) is 6.33. The van der Waals surface area contributed by atoms with Crippen molar-refractivity contribution in [1.29, 1.82) is 15.8 Å². The summed E-state index contributed by atoms with van der Waals surface area (Å²) in [4.78, 5) is 11.6. The summed E-state index contributed by atoms with van der Waals surface area (Å²) >= 11 is 0. The summed E-state index contributed by atoms with van der Waals surface area (Å²) in [6.45, 7) is 1.83. The number of carbonyl (C=O) groups excluding carboxylic acids is 1. The molecule has 0 fully saturated rings. The molecular formula is C11H13N3O2. The molecule has 0 N–H and O–H groups in total. The van der Waals surface area contributed by atoms with Gasteiger partial charge in [-0.15, -0.1) is 0 Å². The third-order valence-corrected chi connectivity index (χ3v) is 2.21. The first-order chi connectivity index (χ1) is 7.66. The zero-order valence-electron chi connectivity index (χ0n) is 9.19. The fourth-order valence-electron chi connectivity index (χ4n) is 1.29. The first-order valence-corrected chi connectivity index (χ1v) is 4.99. The van der Waals surface area contributed by atoms with Crippen LogP contribution in [0.4, 0.5) is 0 Å². The molecule has 84 valence electrons. The number of hydrogen-bond donors (Lipinski definition) is 0. The molecule has 0 bridgehead atoms. The van der Waals surface area contributed by atoms with E-state index in [2.05, 4.69) is 0 Å². The van der Waals surface area contributed by atoms with Gasteiger partial charge in [0.05, 0.1) is 24.8 Å². The van der Waals surface area contributed by atoms with E-state index in [4.69, 9.17) is 20.5 Å². The van der Waals surface area contributed by atoms with Crippen LogP contribution >= 0.6 is 0 Å². The molecule has 5 nitrogen and oxygen atoms in total. The van der Waals surface area contributed by atoms with Crippen LogP contribution in [0.25, 0.3) is 0 Å². The molecule has 0 heterocycles. The fourth-order valence-corrected chi connectivity index (χ4v) is 1.29. The first-order valence-electron chi connectivity index (χ1n) is 4.99. The fraction of sp³-hybridized carbons (Fsp3) is 0.636. The molecule has 0 aliphatic carbocycles. The average Bonchev–Trinajstić information content (AvgIpc) is 2.30. The molecule has 0 rings (SSSR count). The molecule has 0 aliphatic rings. The number of nitrogens with zero attached hydrogens (tertiary/aromatic N) is 3. The second-order valence-electron chi connectivity index (χ2n) is 3.23. The van der Waals surface area contributed by atoms with Crippen molar-refractivity contribution in [3.63, 3.8) is 0 Å². The van der Waals surface area contributed by atoms with Crippen LogP contribution in [-0.4, -0.2) is 12.6 Å². The van der Waals surface area contributed by atoms with Gasteiger partial charge in [-0.1, -0.05) is 0 Å². The van der Waals surface area contributed by atoms with Crippen LogP contribution in [0, 0.1) is 39.4 Å². The lowest BCUT2D eigenvalue weighted by molar-refractivity contribution is -0.152. The third-order valence-electron chi connectivity index (χ3n) is 2.21. The molecule has 5 heteroatoms. The highest BCUT2D eigenvalue weighted by Gasteiger charge is 2.39. The summed E-state index contributed by atoms with van der Waals surface area (Å²) in [5.74, 6) is -0.636. The van der Waals surface area contributed by atoms with E-state index in [1.165, 1.54) is 0 Å². The number of rotatable bonds is 6. The van der Waals surface area contributed by atoms with E-state index >= 15 is 0 Å². The summed E-state index contributed by atoms with van der Waals surface area (Å²) in [6, 6.07) is 5.67. The van der Waals surface area contributed by atoms with Gasteiger partial charge in [-0.05, 0) is 19.8 Å². The zero-order valence-corrected chi connectivity index (χ0v) is 9.19. The summed E-state index contributed by atoms with van der Waals surface area (Å²) < 4.78 is 4.81. The van der Waals surface area contributed by atoms with Gasteiger partial charge < -0.3 is 4.74 Å². The maximum absolute atomic E-state index is 11.6. The van der Waals surface area contributed by atoms with Gasteiger partial charge >= 0.3 is 5.97 Å². The van der Waals surface area contributed by atoms with Gasteiger partial charge in [-0.2, -0.15) is 15.8 Å². The van der Waals surface area contributed by atoms with Crippen LogP contribution < -0.4 is 0 Å². The van der Waals surface area contributed by atoms with Crippen LogP contribution in [0.15, 0.2) is 0 Å². The number of nitriles is 3. The van der Waals surface area contributed by atoms with Gasteiger partial charge in [-0.25, -0.2) is 0 Å². The molecule has 0 saturated carbocycles. The van der Waals surface area contributed by atoms with Crippen molar-refractivity contribution in [2.24, 2.45) is 5.41 Å². The van der Waals surface area contributed by atoms with Gasteiger partial charge in [-0.3, -0.25) is 4.79 Å². The van der Waals surface area contributed by atoms with Crippen molar-refractivity contribution in [3.05, 3.63) is 0 Å². The van der Waals surface area contributed by atoms with Gasteiger partial charge in [0.25, 0.3) is 0 Å². The average molecular weight is 219 g/mol.